The fourth-order valence-electron chi connectivity index (χ4n) is 3.28. The third kappa shape index (κ3) is 3.21. The molecule has 23 heavy (non-hydrogen) atoms. The predicted octanol–water partition coefficient (Wildman–Crippen LogP) is 2.74. The van der Waals surface area contributed by atoms with Gasteiger partial charge < -0.3 is 14.7 Å². The molecule has 1 aliphatic heterocycles. The molecule has 1 aliphatic carbocycles. The number of halogens is 1. The molecule has 2 aliphatic rings. The summed E-state index contributed by atoms with van der Waals surface area (Å²) in [5, 5.41) is 9.80. The average molecular weight is 338 g/mol. The van der Waals surface area contributed by atoms with Gasteiger partial charge in [0, 0.05) is 5.02 Å². The van der Waals surface area contributed by atoms with Crippen LogP contribution in [0, 0.1) is 11.8 Å². The van der Waals surface area contributed by atoms with Crippen molar-refractivity contribution >= 4 is 23.5 Å². The van der Waals surface area contributed by atoms with Crippen LogP contribution in [0.1, 0.15) is 31.4 Å². The molecule has 0 spiro atoms. The number of nitrogens with zero attached hydrogens (tertiary/aromatic N) is 1. The zero-order valence-electron chi connectivity index (χ0n) is 12.9. The second-order valence-electron chi connectivity index (χ2n) is 6.35. The van der Waals surface area contributed by atoms with E-state index in [1.807, 2.05) is 25.1 Å². The highest BCUT2D eigenvalue weighted by atomic mass is 35.5. The monoisotopic (exact) mass is 337 g/mol. The number of rotatable bonds is 3. The van der Waals surface area contributed by atoms with Gasteiger partial charge in [-0.15, -0.1) is 0 Å². The highest BCUT2D eigenvalue weighted by molar-refractivity contribution is 6.30. The summed E-state index contributed by atoms with van der Waals surface area (Å²) in [6.45, 7) is 2.80. The van der Waals surface area contributed by atoms with Gasteiger partial charge in [-0.3, -0.25) is 9.59 Å². The summed E-state index contributed by atoms with van der Waals surface area (Å²) in [5.41, 5.74) is 0.936. The molecule has 2 fully saturated rings. The molecule has 1 aromatic carbocycles. The van der Waals surface area contributed by atoms with Crippen molar-refractivity contribution in [1.29, 1.82) is 0 Å². The highest BCUT2D eigenvalue weighted by Gasteiger charge is 2.45. The van der Waals surface area contributed by atoms with E-state index in [0.29, 0.717) is 31.0 Å². The molecule has 1 saturated carbocycles. The van der Waals surface area contributed by atoms with Crippen molar-refractivity contribution in [3.63, 3.8) is 0 Å². The summed E-state index contributed by atoms with van der Waals surface area (Å²) in [6.07, 6.45) is 1.02. The first-order valence-corrected chi connectivity index (χ1v) is 8.25. The Balaban J connectivity index is 1.73. The maximum absolute atomic E-state index is 12.7. The van der Waals surface area contributed by atoms with Crippen molar-refractivity contribution in [2.45, 2.75) is 31.9 Å². The second kappa shape index (κ2) is 6.49. The van der Waals surface area contributed by atoms with Gasteiger partial charge in [0.1, 0.15) is 6.10 Å². The minimum atomic E-state index is -0.873. The summed E-state index contributed by atoms with van der Waals surface area (Å²) >= 11 is 6.03. The number of amides is 1. The number of carboxylic acid groups (broad SMARTS) is 1. The molecule has 6 heteroatoms. The summed E-state index contributed by atoms with van der Waals surface area (Å²) < 4.78 is 5.85. The van der Waals surface area contributed by atoms with Crippen molar-refractivity contribution in [1.82, 2.24) is 4.90 Å². The minimum Gasteiger partial charge on any atom is -0.481 e. The van der Waals surface area contributed by atoms with Crippen molar-refractivity contribution in [3.05, 3.63) is 34.9 Å². The van der Waals surface area contributed by atoms with Gasteiger partial charge in [-0.1, -0.05) is 23.7 Å². The Morgan fingerprint density at radius 1 is 1.30 bits per heavy atom. The normalized spacial score (nSPS) is 30.6. The van der Waals surface area contributed by atoms with E-state index in [4.69, 9.17) is 21.4 Å². The Morgan fingerprint density at radius 3 is 2.65 bits per heavy atom. The molecule has 1 amide bonds. The Labute approximate surface area is 140 Å². The van der Waals surface area contributed by atoms with Crippen LogP contribution in [0.15, 0.2) is 24.3 Å². The number of ether oxygens (including phenoxy) is 1. The van der Waals surface area contributed by atoms with Crippen LogP contribution in [0.2, 0.25) is 5.02 Å². The maximum Gasteiger partial charge on any atom is 0.307 e. The number of hydrogen-bond acceptors (Lipinski definition) is 3. The molecule has 0 radical (unpaired) electrons. The van der Waals surface area contributed by atoms with Crippen LogP contribution in [0.3, 0.4) is 0 Å². The van der Waals surface area contributed by atoms with Crippen molar-refractivity contribution < 1.29 is 19.4 Å². The minimum absolute atomic E-state index is 0.0482. The van der Waals surface area contributed by atoms with Crippen LogP contribution in [0.25, 0.3) is 0 Å². The molecule has 4 unspecified atom stereocenters. The topological polar surface area (TPSA) is 66.8 Å². The maximum atomic E-state index is 12.7. The summed E-state index contributed by atoms with van der Waals surface area (Å²) in [7, 11) is 0. The lowest BCUT2D eigenvalue weighted by Crippen LogP contribution is -2.54. The van der Waals surface area contributed by atoms with Crippen LogP contribution >= 0.6 is 11.6 Å². The van der Waals surface area contributed by atoms with Crippen LogP contribution in [-0.2, 0) is 14.3 Å². The molecule has 1 aromatic rings. The molecule has 4 atom stereocenters. The fourth-order valence-corrected chi connectivity index (χ4v) is 3.48. The first kappa shape index (κ1) is 16.3. The van der Waals surface area contributed by atoms with E-state index < -0.39 is 17.8 Å². The average Bonchev–Trinajstić information content (AvgIpc) is 2.45. The van der Waals surface area contributed by atoms with E-state index in [9.17, 15) is 9.59 Å². The molecular weight excluding hydrogens is 318 g/mol. The molecule has 0 aromatic heterocycles. The van der Waals surface area contributed by atoms with Crippen LogP contribution < -0.4 is 0 Å². The van der Waals surface area contributed by atoms with Crippen LogP contribution in [-0.4, -0.2) is 41.1 Å². The third-order valence-electron chi connectivity index (χ3n) is 4.85. The van der Waals surface area contributed by atoms with E-state index >= 15 is 0 Å². The van der Waals surface area contributed by atoms with Crippen molar-refractivity contribution in [2.75, 3.05) is 13.2 Å². The van der Waals surface area contributed by atoms with Crippen molar-refractivity contribution in [2.24, 2.45) is 11.8 Å². The van der Waals surface area contributed by atoms with Gasteiger partial charge in [-0.25, -0.2) is 0 Å². The number of aliphatic carboxylic acids is 1. The number of hydrogen-bond donors (Lipinski definition) is 1. The molecule has 0 bridgehead atoms. The quantitative estimate of drug-likeness (QED) is 0.921. The first-order valence-electron chi connectivity index (χ1n) is 7.87. The van der Waals surface area contributed by atoms with E-state index in [1.54, 1.807) is 11.0 Å². The predicted molar refractivity (Wildman–Crippen MR) is 85.2 cm³/mol. The Kier molecular flexibility index (Phi) is 4.60. The number of benzene rings is 1. The van der Waals surface area contributed by atoms with Gasteiger partial charge in [-0.2, -0.15) is 0 Å². The van der Waals surface area contributed by atoms with Gasteiger partial charge >= 0.3 is 5.97 Å². The Bertz CT molecular complexity index is 620. The van der Waals surface area contributed by atoms with E-state index in [2.05, 4.69) is 0 Å². The van der Waals surface area contributed by atoms with Gasteiger partial charge in [0.05, 0.1) is 31.0 Å². The molecular formula is C17H20ClNO4. The largest absolute Gasteiger partial charge is 0.481 e. The highest BCUT2D eigenvalue weighted by Crippen LogP contribution is 2.37. The standard InChI is InChI=1S/C17H20ClNO4/c1-10-9-23-15(11-3-2-4-12(18)7-11)8-19(10)16(20)13-5-6-14(13)17(21)22/h2-4,7,10,13-15H,5-6,8-9H2,1H3,(H,21,22). The summed E-state index contributed by atoms with van der Waals surface area (Å²) in [5.74, 6) is -1.87. The molecule has 3 rings (SSSR count). The molecule has 1 saturated heterocycles. The molecule has 1 N–H and O–H groups in total. The van der Waals surface area contributed by atoms with Gasteiger partial charge in [0.15, 0.2) is 0 Å². The molecule has 5 nitrogen and oxygen atoms in total. The van der Waals surface area contributed by atoms with Gasteiger partial charge in [-0.05, 0) is 37.5 Å². The summed E-state index contributed by atoms with van der Waals surface area (Å²) in [4.78, 5) is 25.7. The zero-order chi connectivity index (χ0) is 16.6. The van der Waals surface area contributed by atoms with Crippen LogP contribution in [0.4, 0.5) is 0 Å². The Hall–Kier alpha value is -1.59. The van der Waals surface area contributed by atoms with E-state index in [0.717, 1.165) is 5.56 Å². The lowest BCUT2D eigenvalue weighted by molar-refractivity contribution is -0.163. The third-order valence-corrected chi connectivity index (χ3v) is 5.08. The zero-order valence-corrected chi connectivity index (χ0v) is 13.7. The Morgan fingerprint density at radius 2 is 2.04 bits per heavy atom. The second-order valence-corrected chi connectivity index (χ2v) is 6.78. The number of carboxylic acids is 1. The smallest absolute Gasteiger partial charge is 0.307 e. The van der Waals surface area contributed by atoms with Gasteiger partial charge in [0.25, 0.3) is 0 Å². The summed E-state index contributed by atoms with van der Waals surface area (Å²) in [6, 6.07) is 7.38. The lowest BCUT2D eigenvalue weighted by atomic mass is 9.72. The first-order chi connectivity index (χ1) is 11.0. The fraction of sp³-hybridized carbons (Fsp3) is 0.529. The molecule has 124 valence electrons. The number of carbonyl (C=O) groups excluding carboxylic acids is 1. The number of morpholine rings is 1. The van der Waals surface area contributed by atoms with Crippen molar-refractivity contribution in [3.8, 4) is 0 Å². The van der Waals surface area contributed by atoms with E-state index in [-0.39, 0.29) is 18.1 Å². The van der Waals surface area contributed by atoms with Crippen LogP contribution in [0.5, 0.6) is 0 Å². The van der Waals surface area contributed by atoms with Gasteiger partial charge in [0.2, 0.25) is 5.91 Å². The lowest BCUT2D eigenvalue weighted by Gasteiger charge is -2.43. The SMILES string of the molecule is CC1COC(c2cccc(Cl)c2)CN1C(=O)C1CCC1C(=O)O. The van der Waals surface area contributed by atoms with E-state index in [1.165, 1.54) is 0 Å². The number of carbonyl (C=O) groups is 2. The molecule has 1 heterocycles.